The smallest absolute Gasteiger partial charge is 0.276 e. The summed E-state index contributed by atoms with van der Waals surface area (Å²) in [5.41, 5.74) is 7.01. The number of benzene rings is 3. The molecule has 8 heteroatoms. The molecule has 0 saturated carbocycles. The second kappa shape index (κ2) is 10.6. The highest BCUT2D eigenvalue weighted by molar-refractivity contribution is 5.95. The van der Waals surface area contributed by atoms with Gasteiger partial charge in [0.05, 0.1) is 5.69 Å². The van der Waals surface area contributed by atoms with Crippen molar-refractivity contribution < 1.29 is 19.1 Å². The second-order valence-corrected chi connectivity index (χ2v) is 7.03. The SMILES string of the molecule is O=C(COc1ccc(OCc2ccccc2)cc1)NNC(=O)c1ccc(-n2cccn2)cc1. The zero-order valence-corrected chi connectivity index (χ0v) is 17.7. The summed E-state index contributed by atoms with van der Waals surface area (Å²) in [5.74, 6) is 0.287. The van der Waals surface area contributed by atoms with Crippen LogP contribution in [-0.2, 0) is 11.4 Å². The number of carbonyl (C=O) groups excluding carboxylic acids is 2. The van der Waals surface area contributed by atoms with E-state index in [4.69, 9.17) is 9.47 Å². The zero-order valence-electron chi connectivity index (χ0n) is 17.7. The van der Waals surface area contributed by atoms with Crippen molar-refractivity contribution in [3.63, 3.8) is 0 Å². The Hall–Kier alpha value is -4.59. The van der Waals surface area contributed by atoms with Gasteiger partial charge in [-0.15, -0.1) is 0 Å². The third kappa shape index (κ3) is 6.20. The van der Waals surface area contributed by atoms with Gasteiger partial charge in [0, 0.05) is 18.0 Å². The highest BCUT2D eigenvalue weighted by Crippen LogP contribution is 2.18. The van der Waals surface area contributed by atoms with Crippen molar-refractivity contribution in [3.8, 4) is 17.2 Å². The summed E-state index contributed by atoms with van der Waals surface area (Å²) >= 11 is 0. The number of aromatic nitrogens is 2. The normalized spacial score (nSPS) is 10.3. The molecule has 4 rings (SSSR count). The average Bonchev–Trinajstić information content (AvgIpc) is 3.41. The minimum Gasteiger partial charge on any atom is -0.489 e. The maximum atomic E-state index is 12.2. The van der Waals surface area contributed by atoms with Gasteiger partial charge in [-0.2, -0.15) is 5.10 Å². The molecule has 0 radical (unpaired) electrons. The van der Waals surface area contributed by atoms with Crippen LogP contribution < -0.4 is 20.3 Å². The molecule has 2 amide bonds. The summed E-state index contributed by atoms with van der Waals surface area (Å²) in [6.45, 7) is 0.220. The summed E-state index contributed by atoms with van der Waals surface area (Å²) in [6, 6.07) is 25.5. The third-order valence-electron chi connectivity index (χ3n) is 4.66. The molecule has 2 N–H and O–H groups in total. The molecule has 3 aromatic carbocycles. The number of carbonyl (C=O) groups is 2. The van der Waals surface area contributed by atoms with Crippen molar-refractivity contribution in [3.05, 3.63) is 108 Å². The monoisotopic (exact) mass is 442 g/mol. The Labute approximate surface area is 190 Å². The van der Waals surface area contributed by atoms with Crippen LogP contribution in [0.1, 0.15) is 15.9 Å². The highest BCUT2D eigenvalue weighted by atomic mass is 16.5. The maximum absolute atomic E-state index is 12.2. The predicted molar refractivity (Wildman–Crippen MR) is 122 cm³/mol. The van der Waals surface area contributed by atoms with Crippen molar-refractivity contribution >= 4 is 11.8 Å². The molecular formula is C25H22N4O4. The first-order valence-corrected chi connectivity index (χ1v) is 10.3. The van der Waals surface area contributed by atoms with Gasteiger partial charge in [-0.3, -0.25) is 20.4 Å². The van der Waals surface area contributed by atoms with Crippen LogP contribution in [0.3, 0.4) is 0 Å². The standard InChI is InChI=1S/C25H22N4O4/c30-24(27-28-25(31)20-7-9-21(10-8-20)29-16-4-15-26-29)18-33-23-13-11-22(12-14-23)32-17-19-5-2-1-3-6-19/h1-16H,17-18H2,(H,27,30)(H,28,31). The second-order valence-electron chi connectivity index (χ2n) is 7.03. The Morgan fingerprint density at radius 1 is 0.788 bits per heavy atom. The molecule has 4 aromatic rings. The lowest BCUT2D eigenvalue weighted by molar-refractivity contribution is -0.123. The molecule has 0 atom stereocenters. The molecule has 0 unspecified atom stereocenters. The lowest BCUT2D eigenvalue weighted by Crippen LogP contribution is -2.43. The van der Waals surface area contributed by atoms with Crippen LogP contribution in [0, 0.1) is 0 Å². The fourth-order valence-electron chi connectivity index (χ4n) is 2.94. The zero-order chi connectivity index (χ0) is 22.9. The maximum Gasteiger partial charge on any atom is 0.276 e. The molecule has 0 aliphatic carbocycles. The van der Waals surface area contributed by atoms with E-state index >= 15 is 0 Å². The van der Waals surface area contributed by atoms with Crippen molar-refractivity contribution in [2.24, 2.45) is 0 Å². The van der Waals surface area contributed by atoms with Crippen LogP contribution >= 0.6 is 0 Å². The summed E-state index contributed by atoms with van der Waals surface area (Å²) in [4.78, 5) is 24.2. The van der Waals surface area contributed by atoms with E-state index in [1.54, 1.807) is 65.6 Å². The van der Waals surface area contributed by atoms with E-state index in [1.165, 1.54) is 0 Å². The van der Waals surface area contributed by atoms with Gasteiger partial charge in [0.1, 0.15) is 18.1 Å². The van der Waals surface area contributed by atoms with E-state index in [0.717, 1.165) is 11.3 Å². The van der Waals surface area contributed by atoms with Crippen molar-refractivity contribution in [1.29, 1.82) is 0 Å². The molecule has 1 heterocycles. The Kier molecular flexibility index (Phi) is 6.97. The summed E-state index contributed by atoms with van der Waals surface area (Å²) in [7, 11) is 0. The number of ether oxygens (including phenoxy) is 2. The van der Waals surface area contributed by atoms with Gasteiger partial charge >= 0.3 is 0 Å². The molecule has 8 nitrogen and oxygen atoms in total. The van der Waals surface area contributed by atoms with Gasteiger partial charge in [0.2, 0.25) is 0 Å². The number of hydrazine groups is 1. The fraction of sp³-hybridized carbons (Fsp3) is 0.0800. The Morgan fingerprint density at radius 2 is 1.48 bits per heavy atom. The lowest BCUT2D eigenvalue weighted by Gasteiger charge is -2.10. The van der Waals surface area contributed by atoms with Gasteiger partial charge in [-0.1, -0.05) is 30.3 Å². The summed E-state index contributed by atoms with van der Waals surface area (Å²) in [6.07, 6.45) is 3.48. The molecule has 0 fully saturated rings. The van der Waals surface area contributed by atoms with E-state index in [0.29, 0.717) is 23.7 Å². The quantitative estimate of drug-likeness (QED) is 0.409. The Morgan fingerprint density at radius 3 is 2.15 bits per heavy atom. The molecule has 33 heavy (non-hydrogen) atoms. The molecule has 0 aliphatic heterocycles. The molecular weight excluding hydrogens is 420 g/mol. The van der Waals surface area contributed by atoms with Crippen LogP contribution in [0.15, 0.2) is 97.3 Å². The van der Waals surface area contributed by atoms with Crippen LogP contribution in [-0.4, -0.2) is 28.2 Å². The molecule has 0 spiro atoms. The van der Waals surface area contributed by atoms with Crippen LogP contribution in [0.5, 0.6) is 11.5 Å². The van der Waals surface area contributed by atoms with Crippen LogP contribution in [0.2, 0.25) is 0 Å². The first-order chi connectivity index (χ1) is 16.2. The number of nitrogens with one attached hydrogen (secondary N) is 2. The van der Waals surface area contributed by atoms with Gasteiger partial charge in [0.25, 0.3) is 11.8 Å². The van der Waals surface area contributed by atoms with Gasteiger partial charge in [0.15, 0.2) is 6.61 Å². The van der Waals surface area contributed by atoms with Crippen molar-refractivity contribution in [1.82, 2.24) is 20.6 Å². The summed E-state index contributed by atoms with van der Waals surface area (Å²) < 4.78 is 12.9. The van der Waals surface area contributed by atoms with Gasteiger partial charge < -0.3 is 9.47 Å². The highest BCUT2D eigenvalue weighted by Gasteiger charge is 2.09. The van der Waals surface area contributed by atoms with Gasteiger partial charge in [-0.05, 0) is 60.2 Å². The summed E-state index contributed by atoms with van der Waals surface area (Å²) in [5, 5.41) is 4.13. The number of nitrogens with zero attached hydrogens (tertiary/aromatic N) is 2. The number of amides is 2. The van der Waals surface area contributed by atoms with Crippen molar-refractivity contribution in [2.75, 3.05) is 6.61 Å². The van der Waals surface area contributed by atoms with Gasteiger partial charge in [-0.25, -0.2) is 4.68 Å². The molecule has 166 valence electrons. The Bertz CT molecular complexity index is 1180. The molecule has 0 aliphatic rings. The minimum absolute atomic E-state index is 0.247. The van der Waals surface area contributed by atoms with E-state index in [2.05, 4.69) is 16.0 Å². The minimum atomic E-state index is -0.485. The third-order valence-corrected chi connectivity index (χ3v) is 4.66. The molecule has 0 saturated heterocycles. The molecule has 1 aromatic heterocycles. The number of rotatable bonds is 8. The first kappa shape index (κ1) is 21.6. The lowest BCUT2D eigenvalue weighted by atomic mass is 10.2. The van der Waals surface area contributed by atoms with E-state index in [1.807, 2.05) is 36.4 Å². The first-order valence-electron chi connectivity index (χ1n) is 10.3. The topological polar surface area (TPSA) is 94.5 Å². The van der Waals surface area contributed by atoms with E-state index in [-0.39, 0.29) is 6.61 Å². The largest absolute Gasteiger partial charge is 0.489 e. The predicted octanol–water partition coefficient (Wildman–Crippen LogP) is 3.29. The fourth-order valence-corrected chi connectivity index (χ4v) is 2.94. The molecule has 0 bridgehead atoms. The van der Waals surface area contributed by atoms with Crippen LogP contribution in [0.4, 0.5) is 0 Å². The number of hydrogen-bond donors (Lipinski definition) is 2. The van der Waals surface area contributed by atoms with Crippen LogP contribution in [0.25, 0.3) is 5.69 Å². The van der Waals surface area contributed by atoms with E-state index in [9.17, 15) is 9.59 Å². The number of hydrogen-bond acceptors (Lipinski definition) is 5. The van der Waals surface area contributed by atoms with E-state index < -0.39 is 11.8 Å². The average molecular weight is 442 g/mol. The van der Waals surface area contributed by atoms with Crippen molar-refractivity contribution in [2.45, 2.75) is 6.61 Å². The Balaban J connectivity index is 1.19.